The Kier molecular flexibility index (Phi) is 29.2. The summed E-state index contributed by atoms with van der Waals surface area (Å²) in [5.41, 5.74) is 7.26. The molecule has 0 aliphatic heterocycles. The van der Waals surface area contributed by atoms with Crippen LogP contribution >= 0.6 is 9.24 Å². The first-order valence-electron chi connectivity index (χ1n) is 12.3. The third-order valence-corrected chi connectivity index (χ3v) is 4.91. The molecule has 11 nitrogen and oxygen atoms in total. The minimum Gasteiger partial charge on any atom is -0.399 e. The number of Topliss-reactive ketones (excluding diaryl/α,β-unsaturated/α-hetero) is 2. The zero-order valence-corrected chi connectivity index (χ0v) is 25.5. The Morgan fingerprint density at radius 3 is 1.90 bits per heavy atom. The molecule has 0 aliphatic carbocycles. The van der Waals surface area contributed by atoms with Gasteiger partial charge in [-0.15, -0.1) is 0 Å². The van der Waals surface area contributed by atoms with Crippen molar-refractivity contribution in [3.8, 4) is 0 Å². The number of rotatable bonds is 14. The fraction of sp³-hybridized carbons (Fsp3) is 0.481. The second kappa shape index (κ2) is 28.5. The zero-order chi connectivity index (χ0) is 31.3. The van der Waals surface area contributed by atoms with Crippen molar-refractivity contribution in [2.75, 3.05) is 26.9 Å². The number of unbranched alkanes of at least 4 members (excludes halogenated alkanes) is 3. The lowest BCUT2D eigenvalue weighted by molar-refractivity contribution is -0.112. The maximum absolute atomic E-state index is 12.6. The molecule has 0 aliphatic rings. The number of nitrogens with zero attached hydrogens (tertiary/aromatic N) is 4. The molecule has 0 spiro atoms. The first kappa shape index (κ1) is 41.0. The molecule has 2 N–H and O–H groups in total. The second-order valence-corrected chi connectivity index (χ2v) is 8.32. The molecule has 0 radical (unpaired) electrons. The van der Waals surface area contributed by atoms with Gasteiger partial charge in [0.15, 0.2) is 17.1 Å². The number of aliphatic imine (C=N–C) groups is 2. The van der Waals surface area contributed by atoms with Gasteiger partial charge in [0.05, 0.1) is 5.71 Å². The Hall–Kier alpha value is -3.50. The summed E-state index contributed by atoms with van der Waals surface area (Å²) in [4.78, 5) is 57.1. The van der Waals surface area contributed by atoms with E-state index in [1.807, 2.05) is 6.79 Å². The van der Waals surface area contributed by atoms with E-state index in [0.717, 1.165) is 37.8 Å². The Balaban J connectivity index is -0.000000522. The lowest BCUT2D eigenvalue weighted by Crippen LogP contribution is -2.04. The van der Waals surface area contributed by atoms with E-state index in [-0.39, 0.29) is 29.6 Å². The quantitative estimate of drug-likeness (QED) is 0.150. The summed E-state index contributed by atoms with van der Waals surface area (Å²) >= 11 is 0. The molecule has 1 rings (SSSR count). The van der Waals surface area contributed by atoms with Gasteiger partial charge < -0.3 is 20.2 Å². The third-order valence-electron chi connectivity index (χ3n) is 4.49. The van der Waals surface area contributed by atoms with Gasteiger partial charge in [-0.25, -0.2) is 4.39 Å². The summed E-state index contributed by atoms with van der Waals surface area (Å²) in [7, 11) is 3.46. The van der Waals surface area contributed by atoms with Crippen molar-refractivity contribution in [2.24, 2.45) is 26.0 Å². The number of hydrogen-bond acceptors (Lipinski definition) is 11. The van der Waals surface area contributed by atoms with Gasteiger partial charge in [0.25, 0.3) is 0 Å². The first-order chi connectivity index (χ1) is 19.0. The molecule has 0 saturated carbocycles. The molecule has 1 atom stereocenters. The van der Waals surface area contributed by atoms with Crippen LogP contribution < -0.4 is 5.73 Å². The van der Waals surface area contributed by atoms with E-state index >= 15 is 0 Å². The van der Waals surface area contributed by atoms with Crippen LogP contribution in [0.1, 0.15) is 65.9 Å². The Labute approximate surface area is 238 Å². The minimum absolute atomic E-state index is 0.0583. The van der Waals surface area contributed by atoms with Crippen LogP contribution in [0.15, 0.2) is 44.6 Å². The van der Waals surface area contributed by atoms with Crippen molar-refractivity contribution in [3.05, 3.63) is 35.6 Å². The molecule has 224 valence electrons. The topological polar surface area (TPSA) is 162 Å². The predicted molar refractivity (Wildman–Crippen MR) is 162 cm³/mol. The van der Waals surface area contributed by atoms with Gasteiger partial charge in [-0.05, 0) is 64.3 Å². The van der Waals surface area contributed by atoms with Crippen LogP contribution in [0.3, 0.4) is 0 Å². The van der Waals surface area contributed by atoms with Crippen molar-refractivity contribution < 1.29 is 33.2 Å². The summed E-state index contributed by atoms with van der Waals surface area (Å²) in [6, 6.07) is 5.98. The largest absolute Gasteiger partial charge is 0.399 e. The van der Waals surface area contributed by atoms with Gasteiger partial charge in [0, 0.05) is 20.1 Å². The van der Waals surface area contributed by atoms with E-state index in [0.29, 0.717) is 23.7 Å². The Morgan fingerprint density at radius 1 is 0.900 bits per heavy atom. The summed E-state index contributed by atoms with van der Waals surface area (Å²) in [5, 5.41) is 7.05. The molecule has 13 heteroatoms. The monoisotopic (exact) mass is 583 g/mol. The van der Waals surface area contributed by atoms with Crippen LogP contribution in [0, 0.1) is 5.82 Å². The number of oxime groups is 2. The summed E-state index contributed by atoms with van der Waals surface area (Å²) in [6.07, 6.45) is 5.84. The minimum atomic E-state index is -0.275. The Morgan fingerprint density at radius 2 is 1.45 bits per heavy atom. The highest BCUT2D eigenvalue weighted by atomic mass is 31.0. The molecule has 0 amide bonds. The average molecular weight is 584 g/mol. The zero-order valence-electron chi connectivity index (χ0n) is 24.3. The first-order valence-corrected chi connectivity index (χ1v) is 12.8. The standard InChI is InChI=1S/C12H13FN2O.C9H19N2O2P.C5H9NO2.CH2O/c1-9(10(2)16)15-8-14-7-11-3-5-12(13)6-4-11;1-8(9(12)14)11-13-7-5-3-2-4-6-10;1-4(5(2)7)6-8-3;1-2/h3-7H,8H2,1-2H3;2-7,10,14H2,1H3;1-3H3;1H2/b;11-8-;6-4-;. The molecule has 0 fully saturated rings. The van der Waals surface area contributed by atoms with Gasteiger partial charge in [-0.3, -0.25) is 24.4 Å². The van der Waals surface area contributed by atoms with Crippen molar-refractivity contribution in [2.45, 2.75) is 60.3 Å². The molecule has 1 aromatic rings. The van der Waals surface area contributed by atoms with E-state index in [1.165, 1.54) is 33.1 Å². The summed E-state index contributed by atoms with van der Waals surface area (Å²) < 4.78 is 12.6. The highest BCUT2D eigenvalue weighted by Gasteiger charge is 1.98. The van der Waals surface area contributed by atoms with E-state index in [1.54, 1.807) is 39.1 Å². The fourth-order valence-electron chi connectivity index (χ4n) is 2.01. The molecule has 1 aromatic carbocycles. The third kappa shape index (κ3) is 27.5. The number of carbonyl (C=O) groups excluding carboxylic acids is 4. The van der Waals surface area contributed by atoms with Crippen LogP contribution in [-0.4, -0.2) is 74.2 Å². The van der Waals surface area contributed by atoms with Crippen LogP contribution in [0.4, 0.5) is 4.39 Å². The SMILES string of the molecule is C/C(=N/OCCCCCCN)C(=O)P.C=O.CC(=O)C(C)=NCN=Cc1ccc(F)cc1.CO/N=C(/C)C(C)=O. The summed E-state index contributed by atoms with van der Waals surface area (Å²) in [5.74, 6) is -0.397. The molecule has 0 saturated heterocycles. The van der Waals surface area contributed by atoms with Crippen molar-refractivity contribution in [1.29, 1.82) is 0 Å². The molecule has 0 heterocycles. The molecule has 0 aromatic heterocycles. The van der Waals surface area contributed by atoms with Gasteiger partial charge in [-0.1, -0.05) is 38.1 Å². The van der Waals surface area contributed by atoms with Gasteiger partial charge in [-0.2, -0.15) is 0 Å². The van der Waals surface area contributed by atoms with E-state index in [9.17, 15) is 18.8 Å². The van der Waals surface area contributed by atoms with Gasteiger partial charge in [0.1, 0.15) is 44.4 Å². The number of carbonyl (C=O) groups is 4. The summed E-state index contributed by atoms with van der Waals surface area (Å²) in [6.45, 7) is 11.3. The number of ketones is 2. The van der Waals surface area contributed by atoms with Crippen LogP contribution in [0.25, 0.3) is 0 Å². The van der Waals surface area contributed by atoms with Gasteiger partial charge in [0.2, 0.25) is 0 Å². The predicted octanol–water partition coefficient (Wildman–Crippen LogP) is 3.96. The van der Waals surface area contributed by atoms with E-state index in [2.05, 4.69) is 34.4 Å². The van der Waals surface area contributed by atoms with Crippen LogP contribution in [-0.2, 0) is 28.9 Å². The smallest absolute Gasteiger partial charge is 0.195 e. The molecule has 1 unspecified atom stereocenters. The fourth-order valence-corrected chi connectivity index (χ4v) is 2.06. The molecule has 0 bridgehead atoms. The Bertz CT molecular complexity index is 982. The lowest BCUT2D eigenvalue weighted by Gasteiger charge is -2.00. The second-order valence-electron chi connectivity index (χ2n) is 7.80. The lowest BCUT2D eigenvalue weighted by atomic mass is 10.2. The van der Waals surface area contributed by atoms with Crippen molar-refractivity contribution >= 4 is 56.5 Å². The molecular weight excluding hydrogens is 540 g/mol. The van der Waals surface area contributed by atoms with Gasteiger partial charge >= 0.3 is 0 Å². The van der Waals surface area contributed by atoms with Crippen LogP contribution in [0.2, 0.25) is 0 Å². The molecule has 40 heavy (non-hydrogen) atoms. The van der Waals surface area contributed by atoms with E-state index in [4.69, 9.17) is 15.4 Å². The maximum atomic E-state index is 12.6. The maximum Gasteiger partial charge on any atom is 0.195 e. The number of hydrogen-bond donors (Lipinski definition) is 1. The number of nitrogens with two attached hydrogens (primary N) is 1. The normalized spacial score (nSPS) is 11.2. The average Bonchev–Trinajstić information content (AvgIpc) is 2.93. The number of halogens is 1. The molecular formula is C27H43FN5O6P. The van der Waals surface area contributed by atoms with Crippen molar-refractivity contribution in [1.82, 2.24) is 0 Å². The highest BCUT2D eigenvalue weighted by Crippen LogP contribution is 2.00. The van der Waals surface area contributed by atoms with E-state index < -0.39 is 0 Å². The van der Waals surface area contributed by atoms with Crippen LogP contribution in [0.5, 0.6) is 0 Å². The highest BCUT2D eigenvalue weighted by molar-refractivity contribution is 7.45. The van der Waals surface area contributed by atoms with Crippen molar-refractivity contribution in [3.63, 3.8) is 0 Å². The number of benzene rings is 1.